The first-order chi connectivity index (χ1) is 7.63. The van der Waals surface area contributed by atoms with E-state index in [-0.39, 0.29) is 11.9 Å². The number of aryl methyl sites for hydroxylation is 1. The van der Waals surface area contributed by atoms with Crippen molar-refractivity contribution in [1.82, 2.24) is 5.32 Å². The van der Waals surface area contributed by atoms with Gasteiger partial charge in [-0.1, -0.05) is 17.7 Å². The zero-order chi connectivity index (χ0) is 12.0. The monoisotopic (exact) mass is 222 g/mol. The third kappa shape index (κ3) is 3.90. The number of carbonyl (C=O) groups is 1. The van der Waals surface area contributed by atoms with E-state index in [9.17, 15) is 4.79 Å². The topological polar surface area (TPSA) is 64.3 Å². The van der Waals surface area contributed by atoms with Crippen LogP contribution in [0.5, 0.6) is 5.75 Å². The second kappa shape index (κ2) is 6.12. The maximum atomic E-state index is 10.9. The lowest BCUT2D eigenvalue weighted by Gasteiger charge is -2.12. The number of carbonyl (C=O) groups excluding carboxylic acids is 1. The van der Waals surface area contributed by atoms with Crippen molar-refractivity contribution in [2.75, 3.05) is 13.7 Å². The summed E-state index contributed by atoms with van der Waals surface area (Å²) < 4.78 is 5.50. The molecule has 0 aliphatic rings. The molecule has 1 amide bonds. The van der Waals surface area contributed by atoms with Crippen molar-refractivity contribution in [1.29, 1.82) is 0 Å². The predicted molar refractivity (Wildman–Crippen MR) is 63.3 cm³/mol. The molecule has 1 aromatic carbocycles. The van der Waals surface area contributed by atoms with Gasteiger partial charge in [-0.25, -0.2) is 0 Å². The summed E-state index contributed by atoms with van der Waals surface area (Å²) in [5, 5.41) is 2.84. The molecule has 1 unspecified atom stereocenters. The number of hydrogen-bond acceptors (Lipinski definition) is 3. The highest BCUT2D eigenvalue weighted by Crippen LogP contribution is 2.11. The Balaban J connectivity index is 2.35. The lowest BCUT2D eigenvalue weighted by Crippen LogP contribution is -2.40. The summed E-state index contributed by atoms with van der Waals surface area (Å²) in [5.74, 6) is 0.458. The first-order valence-corrected chi connectivity index (χ1v) is 5.29. The maximum Gasteiger partial charge on any atom is 0.234 e. The smallest absolute Gasteiger partial charge is 0.234 e. The summed E-state index contributed by atoms with van der Waals surface area (Å²) >= 11 is 0. The van der Waals surface area contributed by atoms with Crippen LogP contribution in [0.2, 0.25) is 0 Å². The van der Waals surface area contributed by atoms with E-state index in [1.54, 1.807) is 7.05 Å². The third-order valence-electron chi connectivity index (χ3n) is 2.39. The van der Waals surface area contributed by atoms with E-state index >= 15 is 0 Å². The molecule has 3 N–H and O–H groups in total. The number of primary amides is 1. The average molecular weight is 222 g/mol. The SMILES string of the molecule is CNC(CCOc1ccc(C)cc1)C(N)=O. The van der Waals surface area contributed by atoms with Gasteiger partial charge in [-0.2, -0.15) is 0 Å². The van der Waals surface area contributed by atoms with E-state index in [4.69, 9.17) is 10.5 Å². The molecule has 0 bridgehead atoms. The fourth-order valence-corrected chi connectivity index (χ4v) is 1.36. The quantitative estimate of drug-likeness (QED) is 0.749. The van der Waals surface area contributed by atoms with Crippen LogP contribution in [0.15, 0.2) is 24.3 Å². The van der Waals surface area contributed by atoms with Gasteiger partial charge in [0.25, 0.3) is 0 Å². The minimum atomic E-state index is -0.352. The van der Waals surface area contributed by atoms with E-state index in [0.717, 1.165) is 5.75 Å². The fourth-order valence-electron chi connectivity index (χ4n) is 1.36. The zero-order valence-electron chi connectivity index (χ0n) is 9.69. The third-order valence-corrected chi connectivity index (χ3v) is 2.39. The molecule has 0 radical (unpaired) electrons. The Bertz CT molecular complexity index is 335. The van der Waals surface area contributed by atoms with Gasteiger partial charge >= 0.3 is 0 Å². The van der Waals surface area contributed by atoms with Gasteiger partial charge in [0.2, 0.25) is 5.91 Å². The number of ether oxygens (including phenoxy) is 1. The molecule has 1 aromatic rings. The fraction of sp³-hybridized carbons (Fsp3) is 0.417. The molecular formula is C12H18N2O2. The summed E-state index contributed by atoms with van der Waals surface area (Å²) in [4.78, 5) is 10.9. The van der Waals surface area contributed by atoms with Crippen LogP contribution in [0.1, 0.15) is 12.0 Å². The van der Waals surface area contributed by atoms with Crippen LogP contribution in [-0.2, 0) is 4.79 Å². The molecule has 4 heteroatoms. The molecule has 1 rings (SSSR count). The van der Waals surface area contributed by atoms with Gasteiger partial charge in [0.15, 0.2) is 0 Å². The average Bonchev–Trinajstić information content (AvgIpc) is 2.26. The van der Waals surface area contributed by atoms with Gasteiger partial charge in [-0.15, -0.1) is 0 Å². The number of nitrogens with two attached hydrogens (primary N) is 1. The van der Waals surface area contributed by atoms with Crippen molar-refractivity contribution in [3.05, 3.63) is 29.8 Å². The Kier molecular flexibility index (Phi) is 4.79. The van der Waals surface area contributed by atoms with Gasteiger partial charge in [0.05, 0.1) is 12.6 Å². The van der Waals surface area contributed by atoms with Crippen LogP contribution in [0.3, 0.4) is 0 Å². The lowest BCUT2D eigenvalue weighted by atomic mass is 10.2. The van der Waals surface area contributed by atoms with E-state index < -0.39 is 0 Å². The highest BCUT2D eigenvalue weighted by molar-refractivity contribution is 5.79. The lowest BCUT2D eigenvalue weighted by molar-refractivity contribution is -0.120. The van der Waals surface area contributed by atoms with Crippen molar-refractivity contribution >= 4 is 5.91 Å². The molecule has 0 saturated heterocycles. The van der Waals surface area contributed by atoms with E-state index in [0.29, 0.717) is 13.0 Å². The standard InChI is InChI=1S/C12H18N2O2/c1-9-3-5-10(6-4-9)16-8-7-11(14-2)12(13)15/h3-6,11,14H,7-8H2,1-2H3,(H2,13,15). The Hall–Kier alpha value is -1.55. The normalized spacial score (nSPS) is 12.1. The number of rotatable bonds is 6. The van der Waals surface area contributed by atoms with Crippen molar-refractivity contribution in [2.24, 2.45) is 5.73 Å². The highest BCUT2D eigenvalue weighted by Gasteiger charge is 2.11. The molecule has 0 heterocycles. The number of benzene rings is 1. The molecule has 0 aliphatic carbocycles. The van der Waals surface area contributed by atoms with Crippen molar-refractivity contribution in [2.45, 2.75) is 19.4 Å². The van der Waals surface area contributed by atoms with Gasteiger partial charge in [-0.3, -0.25) is 4.79 Å². The first-order valence-electron chi connectivity index (χ1n) is 5.29. The molecule has 0 saturated carbocycles. The van der Waals surface area contributed by atoms with Crippen LogP contribution >= 0.6 is 0 Å². The predicted octanol–water partition coefficient (Wildman–Crippen LogP) is 0.837. The van der Waals surface area contributed by atoms with Crippen LogP contribution < -0.4 is 15.8 Å². The molecule has 0 fully saturated rings. The van der Waals surface area contributed by atoms with Crippen molar-refractivity contribution in [3.63, 3.8) is 0 Å². The molecule has 88 valence electrons. The van der Waals surface area contributed by atoms with Crippen molar-refractivity contribution < 1.29 is 9.53 Å². The highest BCUT2D eigenvalue weighted by atomic mass is 16.5. The van der Waals surface area contributed by atoms with Gasteiger partial charge < -0.3 is 15.8 Å². The summed E-state index contributed by atoms with van der Waals surface area (Å²) in [6.07, 6.45) is 0.569. The first kappa shape index (κ1) is 12.5. The largest absolute Gasteiger partial charge is 0.494 e. The molecular weight excluding hydrogens is 204 g/mol. The molecule has 1 atom stereocenters. The van der Waals surface area contributed by atoms with E-state index in [1.165, 1.54) is 5.56 Å². The number of amides is 1. The molecule has 16 heavy (non-hydrogen) atoms. The van der Waals surface area contributed by atoms with E-state index in [1.807, 2.05) is 31.2 Å². The number of nitrogens with one attached hydrogen (secondary N) is 1. The summed E-state index contributed by atoms with van der Waals surface area (Å²) in [7, 11) is 1.71. The minimum absolute atomic E-state index is 0.328. The Labute approximate surface area is 95.8 Å². The van der Waals surface area contributed by atoms with Gasteiger partial charge in [-0.05, 0) is 26.1 Å². The maximum absolute atomic E-state index is 10.9. The van der Waals surface area contributed by atoms with E-state index in [2.05, 4.69) is 5.32 Å². The Morgan fingerprint density at radius 1 is 1.44 bits per heavy atom. The summed E-state index contributed by atoms with van der Waals surface area (Å²) in [6.45, 7) is 2.49. The summed E-state index contributed by atoms with van der Waals surface area (Å²) in [5.41, 5.74) is 6.38. The molecule has 0 aliphatic heterocycles. The second-order valence-electron chi connectivity index (χ2n) is 3.69. The molecule has 4 nitrogen and oxygen atoms in total. The van der Waals surface area contributed by atoms with Gasteiger partial charge in [0, 0.05) is 6.42 Å². The minimum Gasteiger partial charge on any atom is -0.494 e. The summed E-state index contributed by atoms with van der Waals surface area (Å²) in [6, 6.07) is 7.46. The van der Waals surface area contributed by atoms with Crippen LogP contribution in [-0.4, -0.2) is 25.6 Å². The van der Waals surface area contributed by atoms with Crippen LogP contribution in [0.25, 0.3) is 0 Å². The molecule has 0 spiro atoms. The second-order valence-corrected chi connectivity index (χ2v) is 3.69. The molecule has 0 aromatic heterocycles. The number of hydrogen-bond donors (Lipinski definition) is 2. The Morgan fingerprint density at radius 3 is 2.56 bits per heavy atom. The van der Waals surface area contributed by atoms with Crippen LogP contribution in [0.4, 0.5) is 0 Å². The van der Waals surface area contributed by atoms with Crippen molar-refractivity contribution in [3.8, 4) is 5.75 Å². The Morgan fingerprint density at radius 2 is 2.06 bits per heavy atom. The zero-order valence-corrected chi connectivity index (χ0v) is 9.69. The van der Waals surface area contributed by atoms with Gasteiger partial charge in [0.1, 0.15) is 5.75 Å². The number of likely N-dealkylation sites (N-methyl/N-ethyl adjacent to an activating group) is 1. The van der Waals surface area contributed by atoms with Crippen LogP contribution in [0, 0.1) is 6.92 Å².